The molecular formula is C14H14F3NOS. The number of fused-ring (bicyclic) bond motifs is 1. The molecule has 0 bridgehead atoms. The average molecular weight is 301 g/mol. The minimum atomic E-state index is -4.83. The molecule has 0 aromatic heterocycles. The van der Waals surface area contributed by atoms with Crippen molar-refractivity contribution in [1.29, 1.82) is 0 Å². The second-order valence-corrected chi connectivity index (χ2v) is 6.64. The van der Waals surface area contributed by atoms with E-state index in [1.165, 1.54) is 0 Å². The number of carbonyl (C=O) groups excluding carboxylic acids is 1. The Kier molecular flexibility index (Phi) is 3.62. The number of benzene rings is 1. The molecule has 1 heterocycles. The lowest BCUT2D eigenvalue weighted by atomic mass is 9.87. The minimum absolute atomic E-state index is 0.0379. The van der Waals surface area contributed by atoms with Crippen LogP contribution in [0.2, 0.25) is 0 Å². The third-order valence-corrected chi connectivity index (χ3v) is 3.86. The van der Waals surface area contributed by atoms with Crippen molar-refractivity contribution in [3.05, 3.63) is 34.9 Å². The number of thioether (sulfide) groups is 1. The Morgan fingerprint density at radius 1 is 1.25 bits per heavy atom. The molecule has 2 nitrogen and oxygen atoms in total. The van der Waals surface area contributed by atoms with E-state index in [0.29, 0.717) is 6.08 Å². The molecule has 6 heteroatoms. The molecule has 1 aliphatic heterocycles. The molecule has 0 aliphatic carbocycles. The number of carbonyl (C=O) groups is 1. The van der Waals surface area contributed by atoms with E-state index in [1.54, 1.807) is 0 Å². The zero-order chi connectivity index (χ0) is 15.1. The summed E-state index contributed by atoms with van der Waals surface area (Å²) in [5, 5.41) is 3.02. The van der Waals surface area contributed by atoms with Gasteiger partial charge in [0.2, 0.25) is 0 Å². The number of nitrogens with one attached hydrogen (secondary N) is 1. The maximum Gasteiger partial charge on any atom is 0.454 e. The number of halogens is 3. The first-order valence-corrected chi connectivity index (χ1v) is 6.81. The molecule has 0 saturated heterocycles. The van der Waals surface area contributed by atoms with E-state index in [-0.39, 0.29) is 10.4 Å². The predicted molar refractivity (Wildman–Crippen MR) is 73.8 cm³/mol. The summed E-state index contributed by atoms with van der Waals surface area (Å²) in [6, 6.07) is 5.69. The van der Waals surface area contributed by atoms with E-state index in [9.17, 15) is 18.0 Å². The van der Waals surface area contributed by atoms with Crippen LogP contribution in [0.4, 0.5) is 18.9 Å². The normalized spacial score (nSPS) is 17.0. The van der Waals surface area contributed by atoms with Crippen LogP contribution >= 0.6 is 11.8 Å². The largest absolute Gasteiger partial charge is 0.454 e. The van der Waals surface area contributed by atoms with Crippen LogP contribution in [0, 0.1) is 0 Å². The summed E-state index contributed by atoms with van der Waals surface area (Å²) in [6.07, 6.45) is -4.23. The lowest BCUT2D eigenvalue weighted by Crippen LogP contribution is -2.20. The third-order valence-electron chi connectivity index (χ3n) is 2.87. The summed E-state index contributed by atoms with van der Waals surface area (Å²) in [5.41, 5.74) is 1.78. The monoisotopic (exact) mass is 301 g/mol. The Hall–Kier alpha value is -1.43. The van der Waals surface area contributed by atoms with Gasteiger partial charge >= 0.3 is 6.18 Å². The van der Waals surface area contributed by atoms with Crippen LogP contribution in [-0.4, -0.2) is 12.0 Å². The van der Waals surface area contributed by atoms with Gasteiger partial charge in [-0.15, -0.1) is 0 Å². The third kappa shape index (κ3) is 3.17. The highest BCUT2D eigenvalue weighted by Crippen LogP contribution is 2.43. The fourth-order valence-corrected chi connectivity index (χ4v) is 2.70. The molecule has 1 N–H and O–H groups in total. The second kappa shape index (κ2) is 4.84. The molecule has 0 amide bonds. The molecule has 108 valence electrons. The zero-order valence-corrected chi connectivity index (χ0v) is 12.1. The van der Waals surface area contributed by atoms with Gasteiger partial charge in [-0.25, -0.2) is 0 Å². The number of anilines is 1. The molecule has 0 saturated carbocycles. The topological polar surface area (TPSA) is 29.1 Å². The van der Waals surface area contributed by atoms with Crippen LogP contribution < -0.4 is 5.32 Å². The van der Waals surface area contributed by atoms with Crippen molar-refractivity contribution in [2.24, 2.45) is 0 Å². The minimum Gasteiger partial charge on any atom is -0.349 e. The highest BCUT2D eigenvalue weighted by Gasteiger charge is 2.37. The van der Waals surface area contributed by atoms with Gasteiger partial charge < -0.3 is 5.32 Å². The van der Waals surface area contributed by atoms with Gasteiger partial charge in [-0.1, -0.05) is 38.6 Å². The van der Waals surface area contributed by atoms with Crippen molar-refractivity contribution < 1.29 is 18.0 Å². The van der Waals surface area contributed by atoms with Crippen LogP contribution in [0.5, 0.6) is 0 Å². The summed E-state index contributed by atoms with van der Waals surface area (Å²) in [7, 11) is 0. The fourth-order valence-electron chi connectivity index (χ4n) is 1.72. The molecular weight excluding hydrogens is 287 g/mol. The Balaban J connectivity index is 2.24. The SMILES string of the molecule is CC(C)(C)c1ccc2c(c1)SC(=CC(=O)C(F)(F)F)N2. The summed E-state index contributed by atoms with van der Waals surface area (Å²) in [6.45, 7) is 6.18. The van der Waals surface area contributed by atoms with Crippen molar-refractivity contribution in [3.63, 3.8) is 0 Å². The van der Waals surface area contributed by atoms with Gasteiger partial charge in [-0.2, -0.15) is 13.2 Å². The van der Waals surface area contributed by atoms with E-state index in [1.807, 2.05) is 18.2 Å². The van der Waals surface area contributed by atoms with Gasteiger partial charge in [0.1, 0.15) is 0 Å². The van der Waals surface area contributed by atoms with Gasteiger partial charge in [0.15, 0.2) is 0 Å². The molecule has 0 unspecified atom stereocenters. The maximum atomic E-state index is 12.2. The van der Waals surface area contributed by atoms with Gasteiger partial charge in [-0.05, 0) is 23.1 Å². The summed E-state index contributed by atoms with van der Waals surface area (Å²) >= 11 is 1.14. The molecule has 0 radical (unpaired) electrons. The molecule has 20 heavy (non-hydrogen) atoms. The van der Waals surface area contributed by atoms with Crippen molar-refractivity contribution in [2.45, 2.75) is 37.3 Å². The quantitative estimate of drug-likeness (QED) is 0.776. The Morgan fingerprint density at radius 3 is 2.45 bits per heavy atom. The fraction of sp³-hybridized carbons (Fsp3) is 0.357. The van der Waals surface area contributed by atoms with E-state index in [0.717, 1.165) is 27.9 Å². The van der Waals surface area contributed by atoms with Crippen LogP contribution in [0.3, 0.4) is 0 Å². The number of alkyl halides is 3. The van der Waals surface area contributed by atoms with Gasteiger partial charge in [-0.3, -0.25) is 4.79 Å². The van der Waals surface area contributed by atoms with Gasteiger partial charge in [0.05, 0.1) is 10.7 Å². The standard InChI is InChI=1S/C14H14F3NOS/c1-13(2,3)8-4-5-9-10(6-8)20-12(18-9)7-11(19)14(15,16)17/h4-7,18H,1-3H3. The number of hydrogen-bond donors (Lipinski definition) is 1. The summed E-state index contributed by atoms with van der Waals surface area (Å²) < 4.78 is 36.7. The first kappa shape index (κ1) is 15.0. The molecule has 0 fully saturated rings. The number of allylic oxidation sites excluding steroid dienone is 1. The first-order chi connectivity index (χ1) is 9.07. The van der Waals surface area contributed by atoms with Gasteiger partial charge in [0, 0.05) is 11.0 Å². The molecule has 0 atom stereocenters. The van der Waals surface area contributed by atoms with Crippen LogP contribution in [0.1, 0.15) is 26.3 Å². The first-order valence-electron chi connectivity index (χ1n) is 5.99. The molecule has 1 aromatic carbocycles. The average Bonchev–Trinajstić information content (AvgIpc) is 2.67. The molecule has 1 aliphatic rings. The van der Waals surface area contributed by atoms with Crippen molar-refractivity contribution in [1.82, 2.24) is 0 Å². The maximum absolute atomic E-state index is 12.2. The predicted octanol–water partition coefficient (Wildman–Crippen LogP) is 4.47. The van der Waals surface area contributed by atoms with E-state index < -0.39 is 12.0 Å². The van der Waals surface area contributed by atoms with Crippen LogP contribution in [0.25, 0.3) is 0 Å². The lowest BCUT2D eigenvalue weighted by Gasteiger charge is -2.19. The molecule has 2 rings (SSSR count). The van der Waals surface area contributed by atoms with E-state index in [4.69, 9.17) is 0 Å². The van der Waals surface area contributed by atoms with Gasteiger partial charge in [0.25, 0.3) is 5.78 Å². The smallest absolute Gasteiger partial charge is 0.349 e. The highest BCUT2D eigenvalue weighted by atomic mass is 32.2. The Bertz CT molecular complexity index is 585. The Labute approximate surface area is 119 Å². The number of hydrogen-bond acceptors (Lipinski definition) is 3. The summed E-state index contributed by atoms with van der Waals surface area (Å²) in [4.78, 5) is 11.8. The zero-order valence-electron chi connectivity index (χ0n) is 11.3. The number of rotatable bonds is 1. The molecule has 0 spiro atoms. The lowest BCUT2D eigenvalue weighted by molar-refractivity contribution is -0.165. The van der Waals surface area contributed by atoms with Crippen LogP contribution in [-0.2, 0) is 10.2 Å². The van der Waals surface area contributed by atoms with E-state index in [2.05, 4.69) is 26.1 Å². The van der Waals surface area contributed by atoms with Crippen molar-refractivity contribution >= 4 is 23.2 Å². The number of ketones is 1. The summed E-state index contributed by atoms with van der Waals surface area (Å²) in [5.74, 6) is -1.85. The second-order valence-electron chi connectivity index (χ2n) is 5.56. The van der Waals surface area contributed by atoms with Crippen molar-refractivity contribution in [3.8, 4) is 0 Å². The van der Waals surface area contributed by atoms with Crippen molar-refractivity contribution in [2.75, 3.05) is 5.32 Å². The molecule has 1 aromatic rings. The van der Waals surface area contributed by atoms with Crippen LogP contribution in [0.15, 0.2) is 34.2 Å². The highest BCUT2D eigenvalue weighted by molar-refractivity contribution is 8.03. The Morgan fingerprint density at radius 2 is 1.90 bits per heavy atom. The van der Waals surface area contributed by atoms with E-state index >= 15 is 0 Å².